The summed E-state index contributed by atoms with van der Waals surface area (Å²) in [5.41, 5.74) is 5.84. The van der Waals surface area contributed by atoms with Crippen LogP contribution in [0.3, 0.4) is 0 Å². The van der Waals surface area contributed by atoms with Gasteiger partial charge in [-0.15, -0.1) is 0 Å². The average molecular weight is 341 g/mol. The normalized spacial score (nSPS) is 11.2. The summed E-state index contributed by atoms with van der Waals surface area (Å²) >= 11 is 5.75. The lowest BCUT2D eigenvalue weighted by molar-refractivity contribution is -0.141. The molecule has 0 aliphatic heterocycles. The van der Waals surface area contributed by atoms with Crippen LogP contribution in [-0.2, 0) is 17.3 Å². The summed E-state index contributed by atoms with van der Waals surface area (Å²) in [4.78, 5) is 12.0. The number of halogens is 3. The number of methoxy groups -OCH3 is 1. The Morgan fingerprint density at radius 2 is 2.04 bits per heavy atom. The largest absolute Gasteiger partial charge is 0.496 e. The fraction of sp³-hybridized carbons (Fsp3) is 0.188. The van der Waals surface area contributed by atoms with Crippen molar-refractivity contribution in [2.75, 3.05) is 12.4 Å². The number of anilines is 1. The Balaban J connectivity index is 2.31. The first kappa shape index (κ1) is 17.2. The van der Waals surface area contributed by atoms with Gasteiger partial charge in [-0.2, -0.15) is 8.78 Å². The quantitative estimate of drug-likeness (QED) is 0.875. The average Bonchev–Trinajstić information content (AvgIpc) is 2.54. The predicted molar refractivity (Wildman–Crippen MR) is 84.9 cm³/mol. The van der Waals surface area contributed by atoms with E-state index in [1.54, 1.807) is 12.1 Å². The molecular formula is C16H15ClF2N2O2. The highest BCUT2D eigenvalue weighted by molar-refractivity contribution is 6.30. The van der Waals surface area contributed by atoms with Gasteiger partial charge in [0, 0.05) is 17.3 Å². The molecule has 4 nitrogen and oxygen atoms in total. The summed E-state index contributed by atoms with van der Waals surface area (Å²) in [7, 11) is 1.24. The fourth-order valence-corrected chi connectivity index (χ4v) is 2.21. The molecule has 0 saturated heterocycles. The molecule has 2 aromatic rings. The molecule has 0 aliphatic carbocycles. The zero-order valence-corrected chi connectivity index (χ0v) is 13.0. The van der Waals surface area contributed by atoms with Gasteiger partial charge in [-0.3, -0.25) is 4.79 Å². The minimum Gasteiger partial charge on any atom is -0.496 e. The van der Waals surface area contributed by atoms with Gasteiger partial charge >= 0.3 is 5.92 Å². The molecule has 122 valence electrons. The zero-order valence-electron chi connectivity index (χ0n) is 12.3. The smallest absolute Gasteiger partial charge is 0.353 e. The van der Waals surface area contributed by atoms with Crippen LogP contribution in [0.4, 0.5) is 14.5 Å². The predicted octanol–water partition coefficient (Wildman–Crippen LogP) is 3.54. The SMILES string of the molecule is COc1ccc(Cl)cc1C(F)(F)C(=O)Nc1cccc(CN)c1. The molecule has 0 saturated carbocycles. The van der Waals surface area contributed by atoms with E-state index in [1.165, 1.54) is 31.4 Å². The molecule has 7 heteroatoms. The lowest BCUT2D eigenvalue weighted by Crippen LogP contribution is -2.32. The van der Waals surface area contributed by atoms with Gasteiger partial charge in [0.15, 0.2) is 0 Å². The maximum Gasteiger partial charge on any atom is 0.353 e. The molecule has 0 bridgehead atoms. The van der Waals surface area contributed by atoms with E-state index in [4.69, 9.17) is 22.1 Å². The van der Waals surface area contributed by atoms with E-state index >= 15 is 0 Å². The van der Waals surface area contributed by atoms with Crippen molar-refractivity contribution in [1.82, 2.24) is 0 Å². The first-order chi connectivity index (χ1) is 10.9. The molecule has 23 heavy (non-hydrogen) atoms. The zero-order chi connectivity index (χ0) is 17.0. The van der Waals surface area contributed by atoms with Crippen LogP contribution < -0.4 is 15.8 Å². The highest BCUT2D eigenvalue weighted by Gasteiger charge is 2.43. The van der Waals surface area contributed by atoms with Gasteiger partial charge in [-0.1, -0.05) is 23.7 Å². The number of amides is 1. The Labute approximate surface area is 137 Å². The Kier molecular flexibility index (Phi) is 5.18. The fourth-order valence-electron chi connectivity index (χ4n) is 2.03. The third kappa shape index (κ3) is 3.78. The van der Waals surface area contributed by atoms with Gasteiger partial charge in [0.05, 0.1) is 12.7 Å². The van der Waals surface area contributed by atoms with E-state index in [0.717, 1.165) is 6.07 Å². The number of carbonyl (C=O) groups excluding carboxylic acids is 1. The van der Waals surface area contributed by atoms with E-state index < -0.39 is 17.4 Å². The van der Waals surface area contributed by atoms with Crippen LogP contribution in [0, 0.1) is 0 Å². The van der Waals surface area contributed by atoms with E-state index in [0.29, 0.717) is 5.56 Å². The summed E-state index contributed by atoms with van der Waals surface area (Å²) in [6.07, 6.45) is 0. The maximum atomic E-state index is 14.5. The topological polar surface area (TPSA) is 64.3 Å². The van der Waals surface area contributed by atoms with E-state index in [9.17, 15) is 13.6 Å². The van der Waals surface area contributed by atoms with Crippen molar-refractivity contribution in [3.05, 3.63) is 58.6 Å². The molecule has 3 N–H and O–H groups in total. The van der Waals surface area contributed by atoms with Crippen LogP contribution in [0.25, 0.3) is 0 Å². The monoisotopic (exact) mass is 340 g/mol. The Hall–Kier alpha value is -2.18. The van der Waals surface area contributed by atoms with Crippen molar-refractivity contribution in [1.29, 1.82) is 0 Å². The first-order valence-corrected chi connectivity index (χ1v) is 7.08. The molecular weight excluding hydrogens is 326 g/mol. The number of nitrogens with one attached hydrogen (secondary N) is 1. The number of ether oxygens (including phenoxy) is 1. The summed E-state index contributed by atoms with van der Waals surface area (Å²) in [6, 6.07) is 10.1. The third-order valence-corrected chi connectivity index (χ3v) is 3.44. The number of carbonyl (C=O) groups is 1. The van der Waals surface area contributed by atoms with Crippen molar-refractivity contribution in [3.8, 4) is 5.75 Å². The van der Waals surface area contributed by atoms with Gasteiger partial charge in [-0.25, -0.2) is 0 Å². The van der Waals surface area contributed by atoms with Gasteiger partial charge < -0.3 is 15.8 Å². The summed E-state index contributed by atoms with van der Waals surface area (Å²) in [5.74, 6) is -5.41. The number of hydrogen-bond acceptors (Lipinski definition) is 3. The van der Waals surface area contributed by atoms with Crippen molar-refractivity contribution in [2.24, 2.45) is 5.73 Å². The van der Waals surface area contributed by atoms with Crippen LogP contribution in [-0.4, -0.2) is 13.0 Å². The second kappa shape index (κ2) is 6.93. The molecule has 0 aliphatic rings. The highest BCUT2D eigenvalue weighted by atomic mass is 35.5. The molecule has 2 aromatic carbocycles. The second-order valence-electron chi connectivity index (χ2n) is 4.78. The molecule has 0 unspecified atom stereocenters. The van der Waals surface area contributed by atoms with E-state index in [1.807, 2.05) is 0 Å². The van der Waals surface area contributed by atoms with Crippen molar-refractivity contribution >= 4 is 23.2 Å². The van der Waals surface area contributed by atoms with Crippen LogP contribution in [0.1, 0.15) is 11.1 Å². The Morgan fingerprint density at radius 1 is 1.30 bits per heavy atom. The van der Waals surface area contributed by atoms with Crippen LogP contribution in [0.15, 0.2) is 42.5 Å². The van der Waals surface area contributed by atoms with Crippen LogP contribution >= 0.6 is 11.6 Å². The van der Waals surface area contributed by atoms with Gasteiger partial charge in [0.25, 0.3) is 5.91 Å². The molecule has 0 heterocycles. The molecule has 0 aromatic heterocycles. The minimum atomic E-state index is -3.81. The first-order valence-electron chi connectivity index (χ1n) is 6.70. The summed E-state index contributed by atoms with van der Waals surface area (Å²) in [6.45, 7) is 0.238. The third-order valence-electron chi connectivity index (χ3n) is 3.21. The van der Waals surface area contributed by atoms with Crippen LogP contribution in [0.5, 0.6) is 5.75 Å². The molecule has 0 spiro atoms. The number of rotatable bonds is 5. The number of alkyl halides is 2. The highest BCUT2D eigenvalue weighted by Crippen LogP contribution is 2.37. The molecule has 0 radical (unpaired) electrons. The lowest BCUT2D eigenvalue weighted by atomic mass is 10.1. The molecule has 2 rings (SSSR count). The minimum absolute atomic E-state index is 0.0819. The van der Waals surface area contributed by atoms with Gasteiger partial charge in [0.1, 0.15) is 5.75 Å². The van der Waals surface area contributed by atoms with Crippen molar-refractivity contribution in [3.63, 3.8) is 0 Å². The summed E-state index contributed by atoms with van der Waals surface area (Å²) in [5, 5.41) is 2.26. The van der Waals surface area contributed by atoms with Gasteiger partial charge in [0.2, 0.25) is 0 Å². The maximum absolute atomic E-state index is 14.5. The Morgan fingerprint density at radius 3 is 2.70 bits per heavy atom. The molecule has 0 atom stereocenters. The number of hydrogen-bond donors (Lipinski definition) is 2. The second-order valence-corrected chi connectivity index (χ2v) is 5.21. The van der Waals surface area contributed by atoms with E-state index in [2.05, 4.69) is 5.32 Å². The summed E-state index contributed by atoms with van der Waals surface area (Å²) < 4.78 is 33.8. The Bertz CT molecular complexity index is 723. The molecule has 0 fully saturated rings. The van der Waals surface area contributed by atoms with Crippen LogP contribution in [0.2, 0.25) is 5.02 Å². The lowest BCUT2D eigenvalue weighted by Gasteiger charge is -2.19. The molecule has 1 amide bonds. The van der Waals surface area contributed by atoms with Gasteiger partial charge in [-0.05, 0) is 35.9 Å². The standard InChI is InChI=1S/C16H15ClF2N2O2/c1-23-14-6-5-11(17)8-13(14)16(18,19)15(22)21-12-4-2-3-10(7-12)9-20/h2-8H,9,20H2,1H3,(H,21,22). The van der Waals surface area contributed by atoms with Crippen molar-refractivity contribution < 1.29 is 18.3 Å². The number of benzene rings is 2. The number of nitrogens with two attached hydrogens (primary N) is 1. The van der Waals surface area contributed by atoms with Crippen molar-refractivity contribution in [2.45, 2.75) is 12.5 Å². The van der Waals surface area contributed by atoms with E-state index in [-0.39, 0.29) is 23.0 Å².